The van der Waals surface area contributed by atoms with E-state index in [1.54, 1.807) is 37.9 Å². The summed E-state index contributed by atoms with van der Waals surface area (Å²) in [6.07, 6.45) is 6.93. The Kier molecular flexibility index (Phi) is 9.03. The van der Waals surface area contributed by atoms with Crippen molar-refractivity contribution < 1.29 is 14.4 Å². The summed E-state index contributed by atoms with van der Waals surface area (Å²) >= 11 is 1.70. The number of rotatable bonds is 11. The lowest BCUT2D eigenvalue weighted by molar-refractivity contribution is -0.148. The van der Waals surface area contributed by atoms with Crippen LogP contribution < -0.4 is 16.5 Å². The van der Waals surface area contributed by atoms with Crippen LogP contribution in [0.5, 0.6) is 0 Å². The van der Waals surface area contributed by atoms with Gasteiger partial charge in [-0.1, -0.05) is 0 Å². The number of nitrogens with zero attached hydrogens (tertiary/aromatic N) is 2. The minimum absolute atomic E-state index is 0.0160. The molecule has 2 atom stereocenters. The van der Waals surface area contributed by atoms with Gasteiger partial charge in [0, 0.05) is 60.5 Å². The second-order valence-corrected chi connectivity index (χ2v) is 9.01. The van der Waals surface area contributed by atoms with E-state index in [0.717, 1.165) is 54.1 Å². The molecule has 0 bridgehead atoms. The van der Waals surface area contributed by atoms with Crippen LogP contribution in [-0.2, 0) is 20.8 Å². The molecule has 4 N–H and O–H groups in total. The monoisotopic (exact) mass is 449 g/mol. The summed E-state index contributed by atoms with van der Waals surface area (Å²) in [6.45, 7) is 4.84. The molecule has 1 saturated heterocycles. The number of hydrogen-bond acceptors (Lipinski definition) is 8. The molecular formula is C22H35N5O3S. The van der Waals surface area contributed by atoms with Crippen molar-refractivity contribution in [3.63, 3.8) is 0 Å². The van der Waals surface area contributed by atoms with Crippen molar-refractivity contribution in [2.75, 3.05) is 40.4 Å². The summed E-state index contributed by atoms with van der Waals surface area (Å²) in [5, 5.41) is 3.27. The van der Waals surface area contributed by atoms with E-state index in [4.69, 9.17) is 15.3 Å². The zero-order chi connectivity index (χ0) is 22.2. The highest BCUT2D eigenvalue weighted by atomic mass is 32.1. The van der Waals surface area contributed by atoms with E-state index in [9.17, 15) is 4.79 Å². The molecule has 172 valence electrons. The van der Waals surface area contributed by atoms with Crippen molar-refractivity contribution in [2.45, 2.75) is 50.8 Å². The van der Waals surface area contributed by atoms with E-state index >= 15 is 0 Å². The standard InChI is InChI=1S/C22H35N5O3S/c1-15(27(18-6-7-18)22(28)19-14-25-9-10-30-19)20-11-16(5-4-8-26-29-3)21(31-20)17(12-23)13-24-2/h11-13,15,18-19,25-26H,4-10,14,23H2,1-3H3/t15-,19-/m1/s1. The van der Waals surface area contributed by atoms with Gasteiger partial charge in [-0.3, -0.25) is 9.79 Å². The molecule has 0 spiro atoms. The zero-order valence-corrected chi connectivity index (χ0v) is 19.5. The summed E-state index contributed by atoms with van der Waals surface area (Å²) < 4.78 is 5.77. The number of ether oxygens (including phenoxy) is 1. The number of hydroxylamine groups is 1. The fourth-order valence-corrected chi connectivity index (χ4v) is 5.17. The largest absolute Gasteiger partial charge is 0.404 e. The van der Waals surface area contributed by atoms with Gasteiger partial charge in [0.05, 0.1) is 19.8 Å². The fraction of sp³-hybridized carbons (Fsp3) is 0.636. The predicted octanol–water partition coefficient (Wildman–Crippen LogP) is 1.87. The van der Waals surface area contributed by atoms with Gasteiger partial charge >= 0.3 is 0 Å². The number of aliphatic imine (C=N–C) groups is 1. The second-order valence-electron chi connectivity index (χ2n) is 7.93. The number of nitrogens with two attached hydrogens (primary N) is 1. The molecule has 0 aromatic carbocycles. The molecular weight excluding hydrogens is 414 g/mol. The van der Waals surface area contributed by atoms with Crippen LogP contribution in [0.3, 0.4) is 0 Å². The third kappa shape index (κ3) is 6.14. The number of hydrogen-bond donors (Lipinski definition) is 3. The van der Waals surface area contributed by atoms with Gasteiger partial charge in [-0.2, -0.15) is 0 Å². The summed E-state index contributed by atoms with van der Waals surface area (Å²) in [4.78, 5) is 26.8. The lowest BCUT2D eigenvalue weighted by atomic mass is 10.0. The summed E-state index contributed by atoms with van der Waals surface area (Å²) in [5.74, 6) is 0.0905. The first-order chi connectivity index (χ1) is 15.1. The van der Waals surface area contributed by atoms with Crippen molar-refractivity contribution in [1.29, 1.82) is 0 Å². The molecule has 1 saturated carbocycles. The van der Waals surface area contributed by atoms with Crippen LogP contribution in [0.1, 0.15) is 47.5 Å². The Balaban J connectivity index is 1.84. The third-order valence-corrected chi connectivity index (χ3v) is 7.03. The number of amides is 1. The number of morpholine rings is 1. The highest BCUT2D eigenvalue weighted by Crippen LogP contribution is 2.40. The van der Waals surface area contributed by atoms with Crippen molar-refractivity contribution >= 4 is 29.0 Å². The summed E-state index contributed by atoms with van der Waals surface area (Å²) in [6, 6.07) is 2.51. The van der Waals surface area contributed by atoms with Crippen molar-refractivity contribution in [2.24, 2.45) is 10.7 Å². The average Bonchev–Trinajstić information content (AvgIpc) is 3.54. The molecule has 1 amide bonds. The van der Waals surface area contributed by atoms with Crippen LogP contribution in [0.25, 0.3) is 5.57 Å². The van der Waals surface area contributed by atoms with E-state index in [1.807, 2.05) is 4.90 Å². The van der Waals surface area contributed by atoms with Crippen LogP contribution >= 0.6 is 11.3 Å². The molecule has 1 aliphatic heterocycles. The van der Waals surface area contributed by atoms with Crippen LogP contribution in [0.2, 0.25) is 0 Å². The van der Waals surface area contributed by atoms with E-state index in [2.05, 4.69) is 28.8 Å². The van der Waals surface area contributed by atoms with Gasteiger partial charge in [-0.05, 0) is 44.2 Å². The molecule has 0 unspecified atom stereocenters. The molecule has 31 heavy (non-hydrogen) atoms. The average molecular weight is 450 g/mol. The first kappa shape index (κ1) is 23.9. The minimum Gasteiger partial charge on any atom is -0.404 e. The molecule has 2 fully saturated rings. The molecule has 1 aliphatic carbocycles. The number of carbonyl (C=O) groups excluding carboxylic acids is 1. The first-order valence-corrected chi connectivity index (χ1v) is 11.8. The van der Waals surface area contributed by atoms with Gasteiger partial charge in [0.1, 0.15) is 6.10 Å². The Bertz CT molecular complexity index is 784. The van der Waals surface area contributed by atoms with Gasteiger partial charge in [0.15, 0.2) is 0 Å². The quantitative estimate of drug-likeness (QED) is 0.271. The maximum atomic E-state index is 13.3. The Labute approximate surface area is 188 Å². The Morgan fingerprint density at radius 2 is 2.35 bits per heavy atom. The van der Waals surface area contributed by atoms with Crippen LogP contribution in [0.15, 0.2) is 17.3 Å². The van der Waals surface area contributed by atoms with E-state index < -0.39 is 6.10 Å². The molecule has 8 nitrogen and oxygen atoms in total. The maximum Gasteiger partial charge on any atom is 0.253 e. The van der Waals surface area contributed by atoms with Crippen molar-refractivity contribution in [1.82, 2.24) is 15.7 Å². The van der Waals surface area contributed by atoms with Gasteiger partial charge in [0.25, 0.3) is 5.91 Å². The number of allylic oxidation sites excluding steroid dienone is 1. The van der Waals surface area contributed by atoms with E-state index in [1.165, 1.54) is 5.56 Å². The first-order valence-electron chi connectivity index (χ1n) is 11.0. The lowest BCUT2D eigenvalue weighted by Crippen LogP contribution is -2.50. The third-order valence-electron chi connectivity index (χ3n) is 5.63. The summed E-state index contributed by atoms with van der Waals surface area (Å²) in [7, 11) is 3.37. The van der Waals surface area contributed by atoms with Crippen molar-refractivity contribution in [3.05, 3.63) is 27.6 Å². The van der Waals surface area contributed by atoms with Gasteiger partial charge < -0.3 is 25.5 Å². The Morgan fingerprint density at radius 1 is 1.55 bits per heavy atom. The fourth-order valence-electron chi connectivity index (χ4n) is 3.92. The normalized spacial score (nSPS) is 20.9. The number of carbonyl (C=O) groups is 1. The SMILES string of the molecule is CN=CC(=CN)c1sc([C@@H](C)N(C(=O)[C@H]2CNCCO2)C2CC2)cc1CCCNOC. The number of aryl methyl sites for hydroxylation is 1. The zero-order valence-electron chi connectivity index (χ0n) is 18.7. The lowest BCUT2D eigenvalue weighted by Gasteiger charge is -2.33. The highest BCUT2D eigenvalue weighted by molar-refractivity contribution is 7.13. The topological polar surface area (TPSA) is 101 Å². The molecule has 2 heterocycles. The van der Waals surface area contributed by atoms with E-state index in [-0.39, 0.29) is 11.9 Å². The smallest absolute Gasteiger partial charge is 0.253 e. The van der Waals surface area contributed by atoms with Crippen LogP contribution in [0.4, 0.5) is 0 Å². The highest BCUT2D eigenvalue weighted by Gasteiger charge is 2.40. The molecule has 9 heteroatoms. The van der Waals surface area contributed by atoms with E-state index in [0.29, 0.717) is 19.2 Å². The molecule has 1 aromatic heterocycles. The summed E-state index contributed by atoms with van der Waals surface area (Å²) in [5.41, 5.74) is 10.9. The predicted molar refractivity (Wildman–Crippen MR) is 125 cm³/mol. The molecule has 0 radical (unpaired) electrons. The molecule has 2 aliphatic rings. The van der Waals surface area contributed by atoms with Crippen molar-refractivity contribution in [3.8, 4) is 0 Å². The Morgan fingerprint density at radius 3 is 2.97 bits per heavy atom. The van der Waals surface area contributed by atoms with Gasteiger partial charge in [0.2, 0.25) is 0 Å². The van der Waals surface area contributed by atoms with Gasteiger partial charge in [-0.25, -0.2) is 5.48 Å². The van der Waals surface area contributed by atoms with Crippen LogP contribution in [-0.4, -0.2) is 69.6 Å². The van der Waals surface area contributed by atoms with Gasteiger partial charge in [-0.15, -0.1) is 11.3 Å². The number of thiophene rings is 1. The second kappa shape index (κ2) is 11.7. The minimum atomic E-state index is -0.400. The molecule has 1 aromatic rings. The number of nitrogens with one attached hydrogen (secondary N) is 2. The molecule has 3 rings (SSSR count). The Hall–Kier alpha value is -1.78. The van der Waals surface area contributed by atoms with Crippen LogP contribution in [0, 0.1) is 0 Å². The maximum absolute atomic E-state index is 13.3.